The minimum absolute atomic E-state index is 0.123. The van der Waals surface area contributed by atoms with E-state index in [0.29, 0.717) is 32.1 Å². The van der Waals surface area contributed by atoms with Crippen molar-refractivity contribution < 1.29 is 41.2 Å². The number of alkyl halides is 1. The predicted octanol–water partition coefficient (Wildman–Crippen LogP) is 4.05. The van der Waals surface area contributed by atoms with Gasteiger partial charge in [-0.2, -0.15) is 8.42 Å². The molecule has 0 heterocycles. The van der Waals surface area contributed by atoms with Crippen LogP contribution < -0.4 is 0 Å². The van der Waals surface area contributed by atoms with E-state index >= 15 is 4.39 Å². The first-order valence-corrected chi connectivity index (χ1v) is 16.0. The monoisotopic (exact) mass is 578 g/mol. The van der Waals surface area contributed by atoms with Gasteiger partial charge in [0.05, 0.1) is 17.9 Å². The van der Waals surface area contributed by atoms with Gasteiger partial charge in [0.15, 0.2) is 5.60 Å². The van der Waals surface area contributed by atoms with E-state index in [9.17, 15) is 27.9 Å². The molecule has 4 fully saturated rings. The van der Waals surface area contributed by atoms with Crippen LogP contribution >= 0.6 is 0 Å². The summed E-state index contributed by atoms with van der Waals surface area (Å²) in [6, 6.07) is 8.18. The molecule has 1 aromatic carbocycles. The van der Waals surface area contributed by atoms with E-state index in [0.717, 1.165) is 6.26 Å². The van der Waals surface area contributed by atoms with Crippen molar-refractivity contribution in [2.24, 2.45) is 34.5 Å². The molecule has 0 aliphatic heterocycles. The van der Waals surface area contributed by atoms with E-state index in [1.165, 1.54) is 0 Å². The third-order valence-corrected chi connectivity index (χ3v) is 11.7. The molecule has 40 heavy (non-hydrogen) atoms. The van der Waals surface area contributed by atoms with Gasteiger partial charge in [-0.25, -0.2) is 9.18 Å². The fourth-order valence-corrected chi connectivity index (χ4v) is 9.61. The standard InChI is InChI=1S/C30H39FO8S/c1-18-14-23-22-11-10-20-15-21(32)12-13-27(20,2)29(22,31)24(33)16-28(23,3)30(18,25(34)17-38-40(4,36)37)39-26(35)19-8-6-5-7-9-19/h5-9,18,20,22-24,33H,10-17H2,1-4H3/t18-,20+,22-,23-,24-,27-,28-,29-,30+/m0/s1. The number of ether oxygens (including phenoxy) is 1. The molecule has 1 aromatic rings. The van der Waals surface area contributed by atoms with Crippen molar-refractivity contribution >= 4 is 27.7 Å². The van der Waals surface area contributed by atoms with Crippen LogP contribution in [0.3, 0.4) is 0 Å². The highest BCUT2D eigenvalue weighted by Gasteiger charge is 2.77. The molecule has 8 nitrogen and oxygen atoms in total. The lowest BCUT2D eigenvalue weighted by Gasteiger charge is -2.65. The molecule has 0 unspecified atom stereocenters. The van der Waals surface area contributed by atoms with Crippen LogP contribution in [0, 0.1) is 34.5 Å². The Bertz CT molecular complexity index is 1320. The van der Waals surface area contributed by atoms with Crippen molar-refractivity contribution in [2.45, 2.75) is 83.1 Å². The van der Waals surface area contributed by atoms with Gasteiger partial charge >= 0.3 is 5.97 Å². The van der Waals surface area contributed by atoms with Crippen molar-refractivity contribution in [2.75, 3.05) is 12.9 Å². The summed E-state index contributed by atoms with van der Waals surface area (Å²) in [7, 11) is -3.99. The second kappa shape index (κ2) is 9.70. The fraction of sp³-hybridized carbons (Fsp3) is 0.700. The molecule has 4 saturated carbocycles. The number of esters is 1. The molecule has 1 N–H and O–H groups in total. The SMILES string of the molecule is C[C@H]1C[C@H]2[C@@H]3CC[C@@H]4CC(=O)CC[C@]4(C)[C@@]3(F)[C@@H](O)C[C@]2(C)[C@]1(OC(=O)c1ccccc1)C(=O)COS(C)(=O)=O. The van der Waals surface area contributed by atoms with Gasteiger partial charge in [-0.3, -0.25) is 13.8 Å². The van der Waals surface area contributed by atoms with Gasteiger partial charge in [0, 0.05) is 29.6 Å². The summed E-state index contributed by atoms with van der Waals surface area (Å²) in [4.78, 5) is 39.8. The smallest absolute Gasteiger partial charge is 0.339 e. The molecule has 10 heteroatoms. The molecule has 0 aromatic heterocycles. The van der Waals surface area contributed by atoms with Gasteiger partial charge in [-0.15, -0.1) is 0 Å². The number of hydrogen-bond acceptors (Lipinski definition) is 8. The van der Waals surface area contributed by atoms with Gasteiger partial charge in [-0.1, -0.05) is 39.0 Å². The molecule has 5 rings (SSSR count). The van der Waals surface area contributed by atoms with Crippen LogP contribution in [0.25, 0.3) is 0 Å². The Morgan fingerprint density at radius 1 is 1.10 bits per heavy atom. The summed E-state index contributed by atoms with van der Waals surface area (Å²) in [6.07, 6.45) is 1.57. The molecule has 0 saturated heterocycles. The first kappa shape index (κ1) is 29.3. The Hall–Kier alpha value is -2.17. The predicted molar refractivity (Wildman–Crippen MR) is 143 cm³/mol. The minimum Gasteiger partial charge on any atom is -0.446 e. The van der Waals surface area contributed by atoms with Gasteiger partial charge in [0.2, 0.25) is 5.78 Å². The quantitative estimate of drug-likeness (QED) is 0.396. The fourth-order valence-electron chi connectivity index (χ4n) is 9.29. The maximum Gasteiger partial charge on any atom is 0.339 e. The summed E-state index contributed by atoms with van der Waals surface area (Å²) >= 11 is 0. The summed E-state index contributed by atoms with van der Waals surface area (Å²) in [5.41, 5.74) is -5.70. The number of carbonyl (C=O) groups excluding carboxylic acids is 3. The molecular formula is C30H39FO8S. The van der Waals surface area contributed by atoms with Crippen LogP contribution in [0.1, 0.15) is 76.1 Å². The summed E-state index contributed by atoms with van der Waals surface area (Å²) < 4.78 is 52.3. The van der Waals surface area contributed by atoms with Crippen LogP contribution in [0.2, 0.25) is 0 Å². The molecule has 4 aliphatic rings. The highest BCUT2D eigenvalue weighted by Crippen LogP contribution is 2.72. The molecule has 0 radical (unpaired) electrons. The maximum absolute atomic E-state index is 17.6. The van der Waals surface area contributed by atoms with Crippen LogP contribution in [0.5, 0.6) is 0 Å². The van der Waals surface area contributed by atoms with E-state index in [1.807, 2.05) is 6.92 Å². The summed E-state index contributed by atoms with van der Waals surface area (Å²) in [5, 5.41) is 11.7. The summed E-state index contributed by atoms with van der Waals surface area (Å²) in [6.45, 7) is 4.55. The number of Topliss-reactive ketones (excluding diaryl/α,β-unsaturated/α-hetero) is 2. The van der Waals surface area contributed by atoms with Gasteiger partial charge in [0.1, 0.15) is 18.1 Å². The van der Waals surface area contributed by atoms with Crippen molar-refractivity contribution in [3.63, 3.8) is 0 Å². The van der Waals surface area contributed by atoms with E-state index in [-0.39, 0.29) is 30.1 Å². The Morgan fingerprint density at radius 2 is 1.77 bits per heavy atom. The van der Waals surface area contributed by atoms with E-state index in [4.69, 9.17) is 8.92 Å². The van der Waals surface area contributed by atoms with Gasteiger partial charge in [-0.05, 0) is 62.0 Å². The van der Waals surface area contributed by atoms with Crippen LogP contribution in [0.4, 0.5) is 4.39 Å². The van der Waals surface area contributed by atoms with Gasteiger partial charge < -0.3 is 9.84 Å². The van der Waals surface area contributed by atoms with Crippen molar-refractivity contribution in [1.29, 1.82) is 0 Å². The second-order valence-corrected chi connectivity index (χ2v) is 14.7. The zero-order chi connectivity index (χ0) is 29.3. The third kappa shape index (κ3) is 4.11. The lowest BCUT2D eigenvalue weighted by Crippen LogP contribution is -2.71. The average molecular weight is 579 g/mol. The minimum atomic E-state index is -3.99. The average Bonchev–Trinajstić information content (AvgIpc) is 3.10. The lowest BCUT2D eigenvalue weighted by atomic mass is 9.42. The Kier molecular flexibility index (Phi) is 7.11. The number of benzene rings is 1. The number of aliphatic hydroxyl groups is 1. The van der Waals surface area contributed by atoms with Crippen LogP contribution in [-0.2, 0) is 28.6 Å². The lowest BCUT2D eigenvalue weighted by molar-refractivity contribution is -0.254. The van der Waals surface area contributed by atoms with E-state index in [2.05, 4.69) is 0 Å². The number of ketones is 2. The van der Waals surface area contributed by atoms with Crippen LogP contribution in [0.15, 0.2) is 30.3 Å². The van der Waals surface area contributed by atoms with E-state index in [1.54, 1.807) is 44.2 Å². The normalized spacial score (nSPS) is 42.9. The van der Waals surface area contributed by atoms with Gasteiger partial charge in [0.25, 0.3) is 10.1 Å². The van der Waals surface area contributed by atoms with Crippen molar-refractivity contribution in [1.82, 2.24) is 0 Å². The largest absolute Gasteiger partial charge is 0.446 e. The Balaban J connectivity index is 1.59. The van der Waals surface area contributed by atoms with E-state index < -0.39 is 74.4 Å². The molecular weight excluding hydrogens is 539 g/mol. The Labute approximate surface area is 235 Å². The molecule has 9 atom stereocenters. The highest BCUT2D eigenvalue weighted by atomic mass is 32.2. The number of fused-ring (bicyclic) bond motifs is 5. The molecule has 0 amide bonds. The highest BCUT2D eigenvalue weighted by molar-refractivity contribution is 7.86. The Morgan fingerprint density at radius 3 is 2.42 bits per heavy atom. The second-order valence-electron chi connectivity index (χ2n) is 13.1. The number of halogens is 1. The third-order valence-electron chi connectivity index (χ3n) is 11.2. The molecule has 0 spiro atoms. The van der Waals surface area contributed by atoms with Crippen LogP contribution in [-0.4, -0.2) is 61.3 Å². The summed E-state index contributed by atoms with van der Waals surface area (Å²) in [5.74, 6) is -3.18. The topological polar surface area (TPSA) is 124 Å². The number of aliphatic hydroxyl groups excluding tert-OH is 1. The maximum atomic E-state index is 17.6. The first-order chi connectivity index (χ1) is 18.6. The molecule has 220 valence electrons. The zero-order valence-corrected chi connectivity index (χ0v) is 24.3. The zero-order valence-electron chi connectivity index (χ0n) is 23.5. The molecule has 4 aliphatic carbocycles. The van der Waals surface area contributed by atoms with Crippen molar-refractivity contribution in [3.8, 4) is 0 Å². The van der Waals surface area contributed by atoms with Crippen molar-refractivity contribution in [3.05, 3.63) is 35.9 Å². The number of hydrogen-bond donors (Lipinski definition) is 1. The first-order valence-electron chi connectivity index (χ1n) is 14.1. The number of rotatable bonds is 6. The number of carbonyl (C=O) groups is 3. The molecule has 0 bridgehead atoms.